The van der Waals surface area contributed by atoms with Gasteiger partial charge in [-0.3, -0.25) is 9.59 Å². The minimum absolute atomic E-state index is 0.0253. The SMILES string of the molecule is O=C(N/N=C\c1ccc(F)cc1)c1cccn(Cc2ccc(Cl)cc2)c1=O. The first-order valence-electron chi connectivity index (χ1n) is 8.06. The minimum Gasteiger partial charge on any atom is -0.310 e. The van der Waals surface area contributed by atoms with Gasteiger partial charge in [0.1, 0.15) is 11.4 Å². The summed E-state index contributed by atoms with van der Waals surface area (Å²) in [5.74, 6) is -0.981. The summed E-state index contributed by atoms with van der Waals surface area (Å²) in [7, 11) is 0. The molecule has 0 saturated heterocycles. The molecule has 27 heavy (non-hydrogen) atoms. The third-order valence-electron chi connectivity index (χ3n) is 3.78. The number of halogens is 2. The lowest BCUT2D eigenvalue weighted by Crippen LogP contribution is -2.30. The quantitative estimate of drug-likeness (QED) is 0.541. The Morgan fingerprint density at radius 3 is 2.52 bits per heavy atom. The van der Waals surface area contributed by atoms with Crippen molar-refractivity contribution < 1.29 is 9.18 Å². The van der Waals surface area contributed by atoms with Crippen molar-refractivity contribution >= 4 is 23.7 Å². The first kappa shape index (κ1) is 18.5. The van der Waals surface area contributed by atoms with E-state index in [-0.39, 0.29) is 11.4 Å². The zero-order chi connectivity index (χ0) is 19.2. The molecule has 7 heteroatoms. The lowest BCUT2D eigenvalue weighted by atomic mass is 10.2. The standard InChI is InChI=1S/C20H15ClFN3O2/c21-16-7-3-15(4-8-16)13-25-11-1-2-18(20(25)27)19(26)24-23-12-14-5-9-17(22)10-6-14/h1-12H,13H2,(H,24,26)/b23-12-. The van der Waals surface area contributed by atoms with Crippen molar-refractivity contribution in [3.05, 3.63) is 105 Å². The van der Waals surface area contributed by atoms with E-state index in [0.717, 1.165) is 5.56 Å². The number of hydrazone groups is 1. The molecule has 2 aromatic carbocycles. The third kappa shape index (κ3) is 4.89. The molecule has 0 radical (unpaired) electrons. The number of hydrogen-bond donors (Lipinski definition) is 1. The summed E-state index contributed by atoms with van der Waals surface area (Å²) in [6, 6.07) is 15.8. The number of amides is 1. The Morgan fingerprint density at radius 2 is 1.81 bits per heavy atom. The molecule has 1 aromatic heterocycles. The lowest BCUT2D eigenvalue weighted by molar-refractivity contribution is 0.0953. The summed E-state index contributed by atoms with van der Waals surface area (Å²) in [4.78, 5) is 24.8. The molecule has 0 aliphatic carbocycles. The first-order chi connectivity index (χ1) is 13.0. The van der Waals surface area contributed by atoms with Crippen LogP contribution < -0.4 is 11.0 Å². The number of nitrogens with zero attached hydrogens (tertiary/aromatic N) is 2. The number of pyridine rings is 1. The summed E-state index contributed by atoms with van der Waals surface area (Å²) in [6.45, 7) is 0.315. The molecule has 5 nitrogen and oxygen atoms in total. The average Bonchev–Trinajstić information content (AvgIpc) is 2.66. The summed E-state index contributed by atoms with van der Waals surface area (Å²) < 4.78 is 14.3. The third-order valence-corrected chi connectivity index (χ3v) is 4.03. The topological polar surface area (TPSA) is 63.5 Å². The summed E-state index contributed by atoms with van der Waals surface area (Å²) in [5.41, 5.74) is 3.35. The van der Waals surface area contributed by atoms with Crippen molar-refractivity contribution in [2.75, 3.05) is 0 Å². The van der Waals surface area contributed by atoms with Crippen LogP contribution in [0, 0.1) is 5.82 Å². The minimum atomic E-state index is -0.621. The number of carbonyl (C=O) groups is 1. The number of rotatable bonds is 5. The second-order valence-electron chi connectivity index (χ2n) is 5.73. The predicted molar refractivity (Wildman–Crippen MR) is 103 cm³/mol. The highest BCUT2D eigenvalue weighted by Gasteiger charge is 2.11. The van der Waals surface area contributed by atoms with Crippen LogP contribution in [0.5, 0.6) is 0 Å². The highest BCUT2D eigenvalue weighted by Crippen LogP contribution is 2.10. The Balaban J connectivity index is 1.72. The first-order valence-corrected chi connectivity index (χ1v) is 8.43. The highest BCUT2D eigenvalue weighted by atomic mass is 35.5. The summed E-state index contributed by atoms with van der Waals surface area (Å²) >= 11 is 5.86. The van der Waals surface area contributed by atoms with Crippen LogP contribution >= 0.6 is 11.6 Å². The van der Waals surface area contributed by atoms with E-state index in [4.69, 9.17) is 11.6 Å². The Kier molecular flexibility index (Phi) is 5.78. The number of nitrogens with one attached hydrogen (secondary N) is 1. The molecular formula is C20H15ClFN3O2. The van der Waals surface area contributed by atoms with Crippen molar-refractivity contribution in [2.45, 2.75) is 6.54 Å². The number of aromatic nitrogens is 1. The van der Waals surface area contributed by atoms with Crippen LogP contribution in [0.2, 0.25) is 5.02 Å². The van der Waals surface area contributed by atoms with Crippen molar-refractivity contribution in [2.24, 2.45) is 5.10 Å². The van der Waals surface area contributed by atoms with Gasteiger partial charge in [-0.25, -0.2) is 9.82 Å². The molecule has 0 bridgehead atoms. The van der Waals surface area contributed by atoms with Gasteiger partial charge >= 0.3 is 0 Å². The van der Waals surface area contributed by atoms with Crippen LogP contribution in [0.15, 0.2) is 76.8 Å². The fraction of sp³-hybridized carbons (Fsp3) is 0.0500. The van der Waals surface area contributed by atoms with Gasteiger partial charge in [-0.1, -0.05) is 35.9 Å². The van der Waals surface area contributed by atoms with Gasteiger partial charge in [0.15, 0.2) is 0 Å². The molecule has 0 aliphatic rings. The monoisotopic (exact) mass is 383 g/mol. The molecule has 1 heterocycles. The number of benzene rings is 2. The molecule has 1 amide bonds. The smallest absolute Gasteiger partial charge is 0.276 e. The van der Waals surface area contributed by atoms with Crippen molar-refractivity contribution in [1.82, 2.24) is 9.99 Å². The van der Waals surface area contributed by atoms with Crippen LogP contribution in [0.25, 0.3) is 0 Å². The molecule has 136 valence electrons. The fourth-order valence-corrected chi connectivity index (χ4v) is 2.52. The van der Waals surface area contributed by atoms with Crippen molar-refractivity contribution in [3.63, 3.8) is 0 Å². The van der Waals surface area contributed by atoms with Gasteiger partial charge < -0.3 is 4.57 Å². The Labute approximate surface area is 159 Å². The van der Waals surface area contributed by atoms with E-state index in [0.29, 0.717) is 17.1 Å². The molecule has 0 spiro atoms. The Morgan fingerprint density at radius 1 is 1.11 bits per heavy atom. The van der Waals surface area contributed by atoms with Gasteiger partial charge in [-0.2, -0.15) is 5.10 Å². The normalized spacial score (nSPS) is 10.9. The van der Waals surface area contributed by atoms with Crippen LogP contribution in [-0.2, 0) is 6.54 Å². The van der Waals surface area contributed by atoms with Gasteiger partial charge in [0.05, 0.1) is 12.8 Å². The van der Waals surface area contributed by atoms with E-state index < -0.39 is 11.5 Å². The number of hydrogen-bond acceptors (Lipinski definition) is 3. The van der Waals surface area contributed by atoms with E-state index >= 15 is 0 Å². The van der Waals surface area contributed by atoms with Gasteiger partial charge in [0.25, 0.3) is 11.5 Å². The van der Waals surface area contributed by atoms with Gasteiger partial charge in [0.2, 0.25) is 0 Å². The van der Waals surface area contributed by atoms with Gasteiger partial charge in [-0.05, 0) is 47.5 Å². The largest absolute Gasteiger partial charge is 0.310 e. The maximum atomic E-state index is 12.9. The fourth-order valence-electron chi connectivity index (χ4n) is 2.40. The lowest BCUT2D eigenvalue weighted by Gasteiger charge is -2.08. The second-order valence-corrected chi connectivity index (χ2v) is 6.17. The predicted octanol–water partition coefficient (Wildman–Crippen LogP) is 3.45. The van der Waals surface area contributed by atoms with Gasteiger partial charge in [0, 0.05) is 11.2 Å². The molecule has 3 rings (SSSR count). The molecule has 0 atom stereocenters. The molecular weight excluding hydrogens is 369 g/mol. The van der Waals surface area contributed by atoms with E-state index in [2.05, 4.69) is 10.5 Å². The van der Waals surface area contributed by atoms with E-state index in [1.807, 2.05) is 12.1 Å². The Bertz CT molecular complexity index is 1030. The average molecular weight is 384 g/mol. The molecule has 0 saturated carbocycles. The van der Waals surface area contributed by atoms with Crippen LogP contribution in [0.3, 0.4) is 0 Å². The highest BCUT2D eigenvalue weighted by molar-refractivity contribution is 6.30. The second kappa shape index (κ2) is 8.42. The molecule has 0 aliphatic heterocycles. The van der Waals surface area contributed by atoms with E-state index in [1.165, 1.54) is 41.1 Å². The van der Waals surface area contributed by atoms with Crippen molar-refractivity contribution in [1.29, 1.82) is 0 Å². The van der Waals surface area contributed by atoms with E-state index in [9.17, 15) is 14.0 Å². The molecule has 0 unspecified atom stereocenters. The summed E-state index contributed by atoms with van der Waals surface area (Å²) in [5, 5.41) is 4.41. The number of carbonyl (C=O) groups excluding carboxylic acids is 1. The van der Waals surface area contributed by atoms with Crippen LogP contribution in [0.4, 0.5) is 4.39 Å². The molecule has 0 fully saturated rings. The summed E-state index contributed by atoms with van der Waals surface area (Å²) in [6.07, 6.45) is 2.97. The van der Waals surface area contributed by atoms with Crippen LogP contribution in [-0.4, -0.2) is 16.7 Å². The maximum absolute atomic E-state index is 12.9. The van der Waals surface area contributed by atoms with Gasteiger partial charge in [-0.15, -0.1) is 0 Å². The Hall–Kier alpha value is -3.25. The van der Waals surface area contributed by atoms with Crippen LogP contribution in [0.1, 0.15) is 21.5 Å². The zero-order valence-corrected chi connectivity index (χ0v) is 14.9. The van der Waals surface area contributed by atoms with Crippen molar-refractivity contribution in [3.8, 4) is 0 Å². The maximum Gasteiger partial charge on any atom is 0.276 e. The van der Waals surface area contributed by atoms with E-state index in [1.54, 1.807) is 24.4 Å². The molecule has 1 N–H and O–H groups in total. The molecule has 3 aromatic rings. The zero-order valence-electron chi connectivity index (χ0n) is 14.1.